The number of thiazole rings is 1. The Bertz CT molecular complexity index is 726. The Morgan fingerprint density at radius 1 is 1.42 bits per heavy atom. The van der Waals surface area contributed by atoms with Gasteiger partial charge in [0.1, 0.15) is 5.75 Å². The molecule has 3 rings (SSSR count). The Morgan fingerprint density at radius 3 is 2.96 bits per heavy atom. The smallest absolute Gasteiger partial charge is 0.406 e. The molecular weight excluding hydrogens is 343 g/mol. The minimum Gasteiger partial charge on any atom is -0.406 e. The summed E-state index contributed by atoms with van der Waals surface area (Å²) < 4.78 is 41.1. The average Bonchev–Trinajstić information content (AvgIpc) is 2.87. The number of rotatable bonds is 4. The largest absolute Gasteiger partial charge is 0.573 e. The van der Waals surface area contributed by atoms with Gasteiger partial charge in [-0.3, -0.25) is 4.79 Å². The molecule has 9 heteroatoms. The number of alkyl halides is 3. The summed E-state index contributed by atoms with van der Waals surface area (Å²) in [5.41, 5.74) is 0.514. The first kappa shape index (κ1) is 17.0. The molecular formula is C15H16F3N3O2S. The van der Waals surface area contributed by atoms with E-state index in [1.54, 1.807) is 0 Å². The Balaban J connectivity index is 1.65. The van der Waals surface area contributed by atoms with Crippen molar-refractivity contribution in [2.24, 2.45) is 0 Å². The van der Waals surface area contributed by atoms with Crippen molar-refractivity contribution in [1.29, 1.82) is 0 Å². The van der Waals surface area contributed by atoms with Crippen LogP contribution in [0.5, 0.6) is 5.75 Å². The fourth-order valence-electron chi connectivity index (χ4n) is 2.65. The molecule has 2 aromatic rings. The number of hydrogen-bond donors (Lipinski definition) is 2. The molecule has 1 aromatic carbocycles. The predicted octanol–water partition coefficient (Wildman–Crippen LogP) is 3.67. The Kier molecular flexibility index (Phi) is 4.91. The highest BCUT2D eigenvalue weighted by Crippen LogP contribution is 2.31. The minimum absolute atomic E-state index is 0.153. The van der Waals surface area contributed by atoms with Gasteiger partial charge in [-0.25, -0.2) is 4.98 Å². The van der Waals surface area contributed by atoms with Crippen molar-refractivity contribution < 1.29 is 22.7 Å². The van der Waals surface area contributed by atoms with Crippen LogP contribution in [0.3, 0.4) is 0 Å². The standard InChI is InChI=1S/C15H16F3N3O2S/c16-15(17,18)23-10-4-5-11-12(8-10)24-14(20-11)21-13(22)7-9-3-1-2-6-19-9/h4-5,8-9,19H,1-3,6-7H2,(H,20,21,22)/t9-/m1/s1. The first-order chi connectivity index (χ1) is 11.4. The SMILES string of the molecule is O=C(C[C@H]1CCCCN1)Nc1nc2ccc(OC(F)(F)F)cc2s1. The van der Waals surface area contributed by atoms with Crippen molar-refractivity contribution in [3.05, 3.63) is 18.2 Å². The summed E-state index contributed by atoms with van der Waals surface area (Å²) >= 11 is 1.12. The Hall–Kier alpha value is -1.87. The van der Waals surface area contributed by atoms with Gasteiger partial charge in [-0.2, -0.15) is 0 Å². The third kappa shape index (κ3) is 4.57. The predicted molar refractivity (Wildman–Crippen MR) is 85.2 cm³/mol. The lowest BCUT2D eigenvalue weighted by Crippen LogP contribution is -2.36. The maximum atomic E-state index is 12.2. The topological polar surface area (TPSA) is 63.2 Å². The van der Waals surface area contributed by atoms with E-state index in [1.807, 2.05) is 0 Å². The molecule has 0 bridgehead atoms. The number of hydrogen-bond acceptors (Lipinski definition) is 5. The molecule has 0 aliphatic carbocycles. The number of benzene rings is 1. The molecule has 2 N–H and O–H groups in total. The van der Waals surface area contributed by atoms with Crippen molar-refractivity contribution >= 4 is 32.6 Å². The van der Waals surface area contributed by atoms with Crippen LogP contribution in [0.4, 0.5) is 18.3 Å². The second kappa shape index (κ2) is 6.94. The molecule has 2 heterocycles. The summed E-state index contributed by atoms with van der Waals surface area (Å²) in [6.45, 7) is 0.918. The summed E-state index contributed by atoms with van der Waals surface area (Å²) in [5.74, 6) is -0.455. The second-order valence-electron chi connectivity index (χ2n) is 5.60. The zero-order valence-corrected chi connectivity index (χ0v) is 13.5. The molecule has 0 spiro atoms. The van der Waals surface area contributed by atoms with Crippen LogP contribution in [-0.2, 0) is 4.79 Å². The molecule has 0 radical (unpaired) electrons. The number of carbonyl (C=O) groups excluding carboxylic acids is 1. The van der Waals surface area contributed by atoms with Gasteiger partial charge in [-0.05, 0) is 31.5 Å². The fraction of sp³-hybridized carbons (Fsp3) is 0.467. The zero-order valence-electron chi connectivity index (χ0n) is 12.7. The normalized spacial score (nSPS) is 18.5. The number of piperidine rings is 1. The van der Waals surface area contributed by atoms with Gasteiger partial charge in [0.25, 0.3) is 0 Å². The summed E-state index contributed by atoms with van der Waals surface area (Å²) in [6.07, 6.45) is -1.18. The van der Waals surface area contributed by atoms with Crippen LogP contribution >= 0.6 is 11.3 Å². The Labute approximate surface area is 140 Å². The van der Waals surface area contributed by atoms with E-state index in [0.29, 0.717) is 21.8 Å². The zero-order chi connectivity index (χ0) is 17.2. The fourth-order valence-corrected chi connectivity index (χ4v) is 3.56. The number of ether oxygens (including phenoxy) is 1. The number of fused-ring (bicyclic) bond motifs is 1. The van der Waals surface area contributed by atoms with Gasteiger partial charge >= 0.3 is 6.36 Å². The van der Waals surface area contributed by atoms with Crippen LogP contribution in [0.15, 0.2) is 18.2 Å². The van der Waals surface area contributed by atoms with Gasteiger partial charge in [0.05, 0.1) is 10.2 Å². The molecule has 130 valence electrons. The van der Waals surface area contributed by atoms with Crippen molar-refractivity contribution in [3.8, 4) is 5.75 Å². The highest BCUT2D eigenvalue weighted by Gasteiger charge is 2.31. The van der Waals surface area contributed by atoms with Crippen molar-refractivity contribution in [2.45, 2.75) is 38.1 Å². The lowest BCUT2D eigenvalue weighted by Gasteiger charge is -2.22. The van der Waals surface area contributed by atoms with Gasteiger partial charge in [0, 0.05) is 18.5 Å². The maximum Gasteiger partial charge on any atom is 0.573 e. The van der Waals surface area contributed by atoms with E-state index in [9.17, 15) is 18.0 Å². The molecule has 1 aliphatic rings. The average molecular weight is 359 g/mol. The number of nitrogens with one attached hydrogen (secondary N) is 2. The summed E-state index contributed by atoms with van der Waals surface area (Å²) in [5, 5.41) is 6.37. The second-order valence-corrected chi connectivity index (χ2v) is 6.63. The number of aromatic nitrogens is 1. The minimum atomic E-state index is -4.73. The van der Waals surface area contributed by atoms with Crippen molar-refractivity contribution in [3.63, 3.8) is 0 Å². The highest BCUT2D eigenvalue weighted by atomic mass is 32.1. The number of anilines is 1. The number of amides is 1. The highest BCUT2D eigenvalue weighted by molar-refractivity contribution is 7.22. The van der Waals surface area contributed by atoms with Crippen LogP contribution in [0.2, 0.25) is 0 Å². The third-order valence-electron chi connectivity index (χ3n) is 3.68. The van der Waals surface area contributed by atoms with Gasteiger partial charge in [0.2, 0.25) is 5.91 Å². The van der Waals surface area contributed by atoms with Crippen molar-refractivity contribution in [2.75, 3.05) is 11.9 Å². The quantitative estimate of drug-likeness (QED) is 0.874. The van der Waals surface area contributed by atoms with E-state index in [0.717, 1.165) is 37.1 Å². The van der Waals surface area contributed by atoms with Crippen LogP contribution in [0.1, 0.15) is 25.7 Å². The molecule has 0 saturated carbocycles. The van der Waals surface area contributed by atoms with Crippen LogP contribution in [0, 0.1) is 0 Å². The molecule has 1 fully saturated rings. The van der Waals surface area contributed by atoms with E-state index in [2.05, 4.69) is 20.4 Å². The summed E-state index contributed by atoms with van der Waals surface area (Å²) in [4.78, 5) is 16.3. The van der Waals surface area contributed by atoms with E-state index >= 15 is 0 Å². The van der Waals surface area contributed by atoms with E-state index in [1.165, 1.54) is 18.2 Å². The molecule has 24 heavy (non-hydrogen) atoms. The van der Waals surface area contributed by atoms with E-state index < -0.39 is 6.36 Å². The summed E-state index contributed by atoms with van der Waals surface area (Å²) in [7, 11) is 0. The molecule has 1 atom stereocenters. The molecule has 1 aliphatic heterocycles. The van der Waals surface area contributed by atoms with Gasteiger partial charge < -0.3 is 15.4 Å². The van der Waals surface area contributed by atoms with E-state index in [-0.39, 0.29) is 17.7 Å². The molecule has 5 nitrogen and oxygen atoms in total. The third-order valence-corrected chi connectivity index (χ3v) is 4.62. The summed E-state index contributed by atoms with van der Waals surface area (Å²) in [6, 6.07) is 4.07. The lowest BCUT2D eigenvalue weighted by atomic mass is 10.0. The maximum absolute atomic E-state index is 12.2. The van der Waals surface area contributed by atoms with Gasteiger partial charge in [0.15, 0.2) is 5.13 Å². The molecule has 1 aromatic heterocycles. The number of nitrogens with zero attached hydrogens (tertiary/aromatic N) is 1. The van der Waals surface area contributed by atoms with Crippen LogP contribution < -0.4 is 15.4 Å². The first-order valence-corrected chi connectivity index (χ1v) is 8.40. The number of carbonyl (C=O) groups is 1. The van der Waals surface area contributed by atoms with Gasteiger partial charge in [-0.15, -0.1) is 13.2 Å². The lowest BCUT2D eigenvalue weighted by molar-refractivity contribution is -0.274. The first-order valence-electron chi connectivity index (χ1n) is 7.59. The molecule has 1 amide bonds. The number of halogens is 3. The van der Waals surface area contributed by atoms with Crippen LogP contribution in [0.25, 0.3) is 10.2 Å². The Morgan fingerprint density at radius 2 is 2.25 bits per heavy atom. The van der Waals surface area contributed by atoms with Crippen molar-refractivity contribution in [1.82, 2.24) is 10.3 Å². The molecule has 0 unspecified atom stereocenters. The van der Waals surface area contributed by atoms with E-state index in [4.69, 9.17) is 0 Å². The monoisotopic (exact) mass is 359 g/mol. The molecule has 1 saturated heterocycles. The van der Waals surface area contributed by atoms with Crippen LogP contribution in [-0.4, -0.2) is 29.8 Å². The van der Waals surface area contributed by atoms with Gasteiger partial charge in [-0.1, -0.05) is 17.8 Å².